The Balaban J connectivity index is 2.11. The van der Waals surface area contributed by atoms with E-state index in [0.29, 0.717) is 28.8 Å². The van der Waals surface area contributed by atoms with Gasteiger partial charge in [-0.05, 0) is 42.8 Å². The van der Waals surface area contributed by atoms with Crippen LogP contribution < -0.4 is 9.84 Å². The van der Waals surface area contributed by atoms with Crippen LogP contribution in [0.2, 0.25) is 0 Å². The van der Waals surface area contributed by atoms with Crippen LogP contribution in [-0.2, 0) is 12.7 Å². The predicted octanol–water partition coefficient (Wildman–Crippen LogP) is 3.47. The predicted molar refractivity (Wildman–Crippen MR) is 88.0 cm³/mol. The third-order valence-electron chi connectivity index (χ3n) is 4.01. The van der Waals surface area contributed by atoms with Crippen molar-refractivity contribution in [3.63, 3.8) is 0 Å². The van der Waals surface area contributed by atoms with Crippen LogP contribution in [0.25, 0.3) is 10.9 Å². The van der Waals surface area contributed by atoms with E-state index in [2.05, 4.69) is 0 Å². The molecule has 0 bridgehead atoms. The summed E-state index contributed by atoms with van der Waals surface area (Å²) < 4.78 is 45.7. The number of benzene rings is 2. The van der Waals surface area contributed by atoms with Gasteiger partial charge in [0.05, 0.1) is 29.4 Å². The van der Waals surface area contributed by atoms with Gasteiger partial charge in [-0.3, -0.25) is 0 Å². The number of rotatable bonds is 5. The molecule has 3 aromatic rings. The fourth-order valence-corrected chi connectivity index (χ4v) is 2.91. The molecule has 1 heterocycles. The summed E-state index contributed by atoms with van der Waals surface area (Å²) in [6.07, 6.45) is -4.46. The molecule has 0 saturated heterocycles. The maximum atomic E-state index is 12.9. The Labute approximate surface area is 147 Å². The van der Waals surface area contributed by atoms with Crippen LogP contribution in [0.15, 0.2) is 48.5 Å². The number of aromatic nitrogens is 1. The molecule has 0 unspecified atom stereocenters. The van der Waals surface area contributed by atoms with Gasteiger partial charge >= 0.3 is 6.18 Å². The highest BCUT2D eigenvalue weighted by Crippen LogP contribution is 2.32. The van der Waals surface area contributed by atoms with Gasteiger partial charge in [-0.15, -0.1) is 0 Å². The third-order valence-corrected chi connectivity index (χ3v) is 4.01. The molecule has 0 aliphatic heterocycles. The molecule has 4 nitrogen and oxygen atoms in total. The summed E-state index contributed by atoms with van der Waals surface area (Å²) >= 11 is 0. The minimum absolute atomic E-state index is 0.0354. The maximum absolute atomic E-state index is 12.9. The van der Waals surface area contributed by atoms with Gasteiger partial charge in [0.25, 0.3) is 0 Å². The van der Waals surface area contributed by atoms with E-state index in [4.69, 9.17) is 4.74 Å². The average Bonchev–Trinajstić information content (AvgIpc) is 2.95. The molecule has 3 rings (SSSR count). The number of carbonyl (C=O) groups is 1. The largest absolute Gasteiger partial charge is 0.543 e. The van der Waals surface area contributed by atoms with E-state index >= 15 is 0 Å². The first kappa shape index (κ1) is 17.8. The summed E-state index contributed by atoms with van der Waals surface area (Å²) in [5, 5.41) is 12.1. The molecule has 0 radical (unpaired) electrons. The molecule has 0 atom stereocenters. The number of aromatic carboxylic acids is 1. The number of alkyl halides is 3. The third kappa shape index (κ3) is 3.37. The van der Waals surface area contributed by atoms with Gasteiger partial charge in [-0.25, -0.2) is 0 Å². The van der Waals surface area contributed by atoms with Crippen LogP contribution in [0.3, 0.4) is 0 Å². The van der Waals surface area contributed by atoms with Crippen molar-refractivity contribution >= 4 is 16.9 Å². The molecule has 2 aromatic carbocycles. The van der Waals surface area contributed by atoms with Crippen molar-refractivity contribution in [3.8, 4) is 5.75 Å². The second-order valence-electron chi connectivity index (χ2n) is 5.72. The Morgan fingerprint density at radius 3 is 2.54 bits per heavy atom. The lowest BCUT2D eigenvalue weighted by Gasteiger charge is -2.13. The highest BCUT2D eigenvalue weighted by atomic mass is 19.4. The minimum atomic E-state index is -4.46. The molecule has 0 spiro atoms. The second kappa shape index (κ2) is 6.74. The molecule has 136 valence electrons. The first-order valence-electron chi connectivity index (χ1n) is 7.93. The Morgan fingerprint density at radius 1 is 1.15 bits per heavy atom. The average molecular weight is 362 g/mol. The number of hydrogen-bond donors (Lipinski definition) is 0. The van der Waals surface area contributed by atoms with E-state index in [1.807, 2.05) is 0 Å². The smallest absolute Gasteiger partial charge is 0.416 e. The van der Waals surface area contributed by atoms with Crippen LogP contribution in [0.1, 0.15) is 28.5 Å². The van der Waals surface area contributed by atoms with E-state index < -0.39 is 17.7 Å². The lowest BCUT2D eigenvalue weighted by atomic mass is 10.1. The lowest BCUT2D eigenvalue weighted by molar-refractivity contribution is -0.255. The van der Waals surface area contributed by atoms with Crippen LogP contribution in [0.5, 0.6) is 5.75 Å². The number of carboxylic acid groups (broad SMARTS) is 1. The summed E-state index contributed by atoms with van der Waals surface area (Å²) in [6, 6.07) is 11.3. The molecule has 1 aromatic heterocycles. The molecule has 0 aliphatic carbocycles. The van der Waals surface area contributed by atoms with E-state index in [1.54, 1.807) is 25.1 Å². The highest BCUT2D eigenvalue weighted by molar-refractivity contribution is 5.96. The van der Waals surface area contributed by atoms with Crippen molar-refractivity contribution in [2.75, 3.05) is 6.61 Å². The SMILES string of the molecule is CCOc1cccc2c1cc(C(=O)[O-])n2Cc1cccc(C(F)(F)F)c1. The number of halogens is 3. The van der Waals surface area contributed by atoms with Gasteiger partial charge in [0.2, 0.25) is 0 Å². The summed E-state index contributed by atoms with van der Waals surface area (Å²) in [5.41, 5.74) is -0.0183. The number of hydrogen-bond acceptors (Lipinski definition) is 3. The monoisotopic (exact) mass is 362 g/mol. The number of carboxylic acids is 1. The van der Waals surface area contributed by atoms with Gasteiger partial charge < -0.3 is 19.2 Å². The molecule has 7 heteroatoms. The normalized spacial score (nSPS) is 11.7. The standard InChI is InChI=1S/C19H16F3NO3/c1-2-26-17-8-4-7-15-14(17)10-16(18(24)25)23(15)11-12-5-3-6-13(9-12)19(20,21)22/h3-10H,2,11H2,1H3,(H,24,25)/p-1. The van der Waals surface area contributed by atoms with Crippen LogP contribution in [0, 0.1) is 0 Å². The molecule has 0 aliphatic rings. The van der Waals surface area contributed by atoms with Crippen molar-refractivity contribution in [2.24, 2.45) is 0 Å². The van der Waals surface area contributed by atoms with Crippen LogP contribution >= 0.6 is 0 Å². The van der Waals surface area contributed by atoms with Crippen molar-refractivity contribution in [3.05, 3.63) is 65.4 Å². The first-order chi connectivity index (χ1) is 12.3. The molecule has 0 fully saturated rings. The van der Waals surface area contributed by atoms with E-state index in [1.165, 1.54) is 22.8 Å². The van der Waals surface area contributed by atoms with Crippen molar-refractivity contribution in [2.45, 2.75) is 19.6 Å². The summed E-state index contributed by atoms with van der Waals surface area (Å²) in [4.78, 5) is 11.5. The lowest BCUT2D eigenvalue weighted by Crippen LogP contribution is -2.25. The van der Waals surface area contributed by atoms with Gasteiger partial charge in [0.1, 0.15) is 5.75 Å². The van der Waals surface area contributed by atoms with Gasteiger partial charge in [0, 0.05) is 11.9 Å². The molecule has 0 amide bonds. The van der Waals surface area contributed by atoms with Crippen molar-refractivity contribution in [1.29, 1.82) is 0 Å². The zero-order chi connectivity index (χ0) is 18.9. The summed E-state index contributed by atoms with van der Waals surface area (Å²) in [7, 11) is 0. The molecule has 26 heavy (non-hydrogen) atoms. The quantitative estimate of drug-likeness (QED) is 0.698. The van der Waals surface area contributed by atoms with E-state index in [-0.39, 0.29) is 12.2 Å². The summed E-state index contributed by atoms with van der Waals surface area (Å²) in [6.45, 7) is 2.17. The fraction of sp³-hybridized carbons (Fsp3) is 0.211. The summed E-state index contributed by atoms with van der Waals surface area (Å²) in [5.74, 6) is -0.897. The van der Waals surface area contributed by atoms with Gasteiger partial charge in [-0.2, -0.15) is 13.2 Å². The molecular formula is C19H15F3NO3-. The van der Waals surface area contributed by atoms with E-state index in [9.17, 15) is 23.1 Å². The zero-order valence-electron chi connectivity index (χ0n) is 13.8. The van der Waals surface area contributed by atoms with Crippen LogP contribution in [-0.4, -0.2) is 17.1 Å². The second-order valence-corrected chi connectivity index (χ2v) is 5.72. The molecule has 0 saturated carbocycles. The maximum Gasteiger partial charge on any atom is 0.416 e. The van der Waals surface area contributed by atoms with Crippen molar-refractivity contribution in [1.82, 2.24) is 4.57 Å². The minimum Gasteiger partial charge on any atom is -0.543 e. The van der Waals surface area contributed by atoms with Crippen LogP contribution in [0.4, 0.5) is 13.2 Å². The van der Waals surface area contributed by atoms with Crippen molar-refractivity contribution < 1.29 is 27.8 Å². The number of carbonyl (C=O) groups excluding carboxylic acids is 1. The van der Waals surface area contributed by atoms with Gasteiger partial charge in [-0.1, -0.05) is 18.2 Å². The Bertz CT molecular complexity index is 960. The first-order valence-corrected chi connectivity index (χ1v) is 7.93. The Hall–Kier alpha value is -2.96. The Morgan fingerprint density at radius 2 is 1.88 bits per heavy atom. The topological polar surface area (TPSA) is 54.3 Å². The number of nitrogens with zero attached hydrogens (tertiary/aromatic N) is 1. The number of ether oxygens (including phenoxy) is 1. The fourth-order valence-electron chi connectivity index (χ4n) is 2.91. The van der Waals surface area contributed by atoms with E-state index in [0.717, 1.165) is 12.1 Å². The number of fused-ring (bicyclic) bond motifs is 1. The van der Waals surface area contributed by atoms with Gasteiger partial charge in [0.15, 0.2) is 0 Å². The Kier molecular flexibility index (Phi) is 4.63. The molecule has 0 N–H and O–H groups in total. The highest BCUT2D eigenvalue weighted by Gasteiger charge is 2.30. The zero-order valence-corrected chi connectivity index (χ0v) is 13.8. The molecular weight excluding hydrogens is 347 g/mol.